The zero-order valence-electron chi connectivity index (χ0n) is 13.3. The number of esters is 1. The molecule has 0 heterocycles. The molecule has 0 aliphatic rings. The number of nitrogens with one attached hydrogen (secondary N) is 1. The summed E-state index contributed by atoms with van der Waals surface area (Å²) in [7, 11) is -3.87. The van der Waals surface area contributed by atoms with Gasteiger partial charge in [0.2, 0.25) is 10.0 Å². The van der Waals surface area contributed by atoms with Gasteiger partial charge in [0.05, 0.1) is 10.6 Å². The van der Waals surface area contributed by atoms with Gasteiger partial charge >= 0.3 is 5.97 Å². The molecular formula is C16H15BrN2O5S2. The number of benzene rings is 2. The van der Waals surface area contributed by atoms with E-state index in [0.717, 1.165) is 9.37 Å². The van der Waals surface area contributed by atoms with Crippen LogP contribution in [0.1, 0.15) is 0 Å². The molecule has 0 unspecified atom stereocenters. The van der Waals surface area contributed by atoms with Crippen molar-refractivity contribution in [3.63, 3.8) is 0 Å². The fourth-order valence-electron chi connectivity index (χ4n) is 1.81. The van der Waals surface area contributed by atoms with Crippen LogP contribution in [0, 0.1) is 0 Å². The number of ether oxygens (including phenoxy) is 1. The van der Waals surface area contributed by atoms with Crippen LogP contribution in [0.25, 0.3) is 0 Å². The monoisotopic (exact) mass is 458 g/mol. The van der Waals surface area contributed by atoms with Crippen molar-refractivity contribution in [1.29, 1.82) is 0 Å². The van der Waals surface area contributed by atoms with Crippen LogP contribution in [-0.2, 0) is 24.3 Å². The highest BCUT2D eigenvalue weighted by Gasteiger charge is 2.11. The first-order valence-electron chi connectivity index (χ1n) is 7.21. The first kappa shape index (κ1) is 20.4. The largest absolute Gasteiger partial charge is 0.455 e. The van der Waals surface area contributed by atoms with Gasteiger partial charge in [0.25, 0.3) is 5.91 Å². The van der Waals surface area contributed by atoms with E-state index < -0.39 is 28.5 Å². The van der Waals surface area contributed by atoms with E-state index in [9.17, 15) is 18.0 Å². The van der Waals surface area contributed by atoms with Crippen molar-refractivity contribution in [2.45, 2.75) is 9.79 Å². The first-order valence-corrected chi connectivity index (χ1v) is 10.5. The van der Waals surface area contributed by atoms with Gasteiger partial charge in [-0.05, 0) is 42.5 Å². The molecule has 0 aliphatic carbocycles. The van der Waals surface area contributed by atoms with Crippen LogP contribution >= 0.6 is 27.7 Å². The maximum absolute atomic E-state index is 11.8. The van der Waals surface area contributed by atoms with Gasteiger partial charge in [-0.1, -0.05) is 22.0 Å². The number of halogens is 1. The summed E-state index contributed by atoms with van der Waals surface area (Å²) < 4.78 is 28.4. The molecule has 0 aliphatic heterocycles. The van der Waals surface area contributed by atoms with Crippen LogP contribution in [0.4, 0.5) is 5.69 Å². The molecule has 2 aromatic rings. The van der Waals surface area contributed by atoms with Gasteiger partial charge in [-0.25, -0.2) is 13.6 Å². The van der Waals surface area contributed by atoms with Crippen molar-refractivity contribution >= 4 is 55.3 Å². The van der Waals surface area contributed by atoms with E-state index >= 15 is 0 Å². The number of sulfonamides is 1. The third-order valence-electron chi connectivity index (χ3n) is 2.98. The Morgan fingerprint density at radius 1 is 1.15 bits per heavy atom. The summed E-state index contributed by atoms with van der Waals surface area (Å²) in [5, 5.41) is 7.47. The number of primary sulfonamides is 1. The fourth-order valence-corrected chi connectivity index (χ4v) is 3.33. The zero-order chi connectivity index (χ0) is 19.2. The van der Waals surface area contributed by atoms with E-state index in [1.165, 1.54) is 36.0 Å². The Morgan fingerprint density at radius 2 is 1.85 bits per heavy atom. The molecule has 0 radical (unpaired) electrons. The third-order valence-corrected chi connectivity index (χ3v) is 5.41. The molecule has 0 aromatic heterocycles. The minimum absolute atomic E-state index is 0.0653. The standard InChI is InChI=1S/C16H15BrN2O5S2/c17-11-4-6-13(7-5-11)25-10-16(21)24-9-15(20)19-12-2-1-3-14(8-12)26(18,22)23/h1-8H,9-10H2,(H,19,20)(H2,18,22,23). The lowest BCUT2D eigenvalue weighted by molar-refractivity contribution is -0.144. The second-order valence-electron chi connectivity index (χ2n) is 5.02. The highest BCUT2D eigenvalue weighted by molar-refractivity contribution is 9.10. The molecule has 138 valence electrons. The number of nitrogens with two attached hydrogens (primary N) is 1. The van der Waals surface area contributed by atoms with Crippen LogP contribution in [0.2, 0.25) is 0 Å². The Kier molecular flexibility index (Phi) is 7.21. The van der Waals surface area contributed by atoms with E-state index in [4.69, 9.17) is 9.88 Å². The Hall–Kier alpha value is -1.88. The Bertz CT molecular complexity index is 901. The minimum Gasteiger partial charge on any atom is -0.455 e. The smallest absolute Gasteiger partial charge is 0.316 e. The van der Waals surface area contributed by atoms with Crippen molar-refractivity contribution < 1.29 is 22.7 Å². The van der Waals surface area contributed by atoms with Crippen molar-refractivity contribution in [1.82, 2.24) is 0 Å². The summed E-state index contributed by atoms with van der Waals surface area (Å²) in [6, 6.07) is 12.9. The van der Waals surface area contributed by atoms with Crippen LogP contribution in [0.5, 0.6) is 0 Å². The molecule has 10 heteroatoms. The van der Waals surface area contributed by atoms with E-state index in [0.29, 0.717) is 0 Å². The van der Waals surface area contributed by atoms with Crippen LogP contribution in [-0.4, -0.2) is 32.7 Å². The van der Waals surface area contributed by atoms with Gasteiger partial charge in [-0.2, -0.15) is 0 Å². The van der Waals surface area contributed by atoms with Gasteiger partial charge in [-0.15, -0.1) is 11.8 Å². The van der Waals surface area contributed by atoms with E-state index in [1.807, 2.05) is 24.3 Å². The summed E-state index contributed by atoms with van der Waals surface area (Å²) in [5.41, 5.74) is 0.238. The molecule has 0 fully saturated rings. The van der Waals surface area contributed by atoms with Crippen molar-refractivity contribution in [2.75, 3.05) is 17.7 Å². The quantitative estimate of drug-likeness (QED) is 0.485. The molecule has 0 spiro atoms. The van der Waals surface area contributed by atoms with E-state index in [1.54, 1.807) is 0 Å². The maximum Gasteiger partial charge on any atom is 0.316 e. The molecule has 0 atom stereocenters. The van der Waals surface area contributed by atoms with Crippen LogP contribution in [0.15, 0.2) is 62.8 Å². The molecule has 0 saturated heterocycles. The Morgan fingerprint density at radius 3 is 2.50 bits per heavy atom. The summed E-state index contributed by atoms with van der Waals surface area (Å²) in [6.07, 6.45) is 0. The second-order valence-corrected chi connectivity index (χ2v) is 8.55. The van der Waals surface area contributed by atoms with Gasteiger partial charge in [0.15, 0.2) is 6.61 Å². The number of rotatable bonds is 7. The minimum atomic E-state index is -3.87. The topological polar surface area (TPSA) is 116 Å². The Labute approximate surface area is 163 Å². The molecule has 1 amide bonds. The molecule has 7 nitrogen and oxygen atoms in total. The van der Waals surface area contributed by atoms with E-state index in [-0.39, 0.29) is 16.3 Å². The predicted molar refractivity (Wildman–Crippen MR) is 102 cm³/mol. The average Bonchev–Trinajstić information content (AvgIpc) is 2.59. The number of carbonyl (C=O) groups is 2. The zero-order valence-corrected chi connectivity index (χ0v) is 16.6. The SMILES string of the molecule is NS(=O)(=O)c1cccc(NC(=O)COC(=O)CSc2ccc(Br)cc2)c1. The lowest BCUT2D eigenvalue weighted by Crippen LogP contribution is -2.22. The molecule has 26 heavy (non-hydrogen) atoms. The number of carbonyl (C=O) groups excluding carboxylic acids is 2. The maximum atomic E-state index is 11.8. The lowest BCUT2D eigenvalue weighted by Gasteiger charge is -2.08. The summed E-state index contributed by atoms with van der Waals surface area (Å²) >= 11 is 4.61. The summed E-state index contributed by atoms with van der Waals surface area (Å²) in [6.45, 7) is -0.473. The normalized spacial score (nSPS) is 11.0. The van der Waals surface area contributed by atoms with Gasteiger partial charge in [0.1, 0.15) is 0 Å². The van der Waals surface area contributed by atoms with Gasteiger partial charge in [0, 0.05) is 15.1 Å². The van der Waals surface area contributed by atoms with Crippen molar-refractivity contribution in [3.05, 3.63) is 53.0 Å². The highest BCUT2D eigenvalue weighted by Crippen LogP contribution is 2.20. The molecule has 0 saturated carbocycles. The second kappa shape index (κ2) is 9.17. The number of thioether (sulfide) groups is 1. The molecule has 2 rings (SSSR count). The molecule has 2 aromatic carbocycles. The summed E-state index contributed by atoms with van der Waals surface area (Å²) in [5.74, 6) is -1.06. The average molecular weight is 459 g/mol. The number of anilines is 1. The van der Waals surface area contributed by atoms with E-state index in [2.05, 4.69) is 21.2 Å². The predicted octanol–water partition coefficient (Wildman–Crippen LogP) is 2.37. The highest BCUT2D eigenvalue weighted by atomic mass is 79.9. The molecule has 0 bridgehead atoms. The van der Waals surface area contributed by atoms with Crippen LogP contribution < -0.4 is 10.5 Å². The van der Waals surface area contributed by atoms with Crippen molar-refractivity contribution in [3.8, 4) is 0 Å². The van der Waals surface area contributed by atoms with Gasteiger partial charge < -0.3 is 10.1 Å². The van der Waals surface area contributed by atoms with Gasteiger partial charge in [-0.3, -0.25) is 9.59 Å². The molecular weight excluding hydrogens is 444 g/mol. The summed E-state index contributed by atoms with van der Waals surface area (Å²) in [4.78, 5) is 24.3. The number of hydrogen-bond donors (Lipinski definition) is 2. The lowest BCUT2D eigenvalue weighted by atomic mass is 10.3. The fraction of sp³-hybridized carbons (Fsp3) is 0.125. The Balaban J connectivity index is 1.79. The number of amides is 1. The molecule has 3 N–H and O–H groups in total. The van der Waals surface area contributed by atoms with Crippen LogP contribution in [0.3, 0.4) is 0 Å². The third kappa shape index (κ3) is 6.79. The number of hydrogen-bond acceptors (Lipinski definition) is 6. The van der Waals surface area contributed by atoms with Crippen molar-refractivity contribution in [2.24, 2.45) is 5.14 Å². The first-order chi connectivity index (χ1) is 12.2.